The van der Waals surface area contributed by atoms with Gasteiger partial charge in [0, 0.05) is 24.2 Å². The molecular formula is C12H18ClNO. The monoisotopic (exact) mass is 227 g/mol. The molecule has 0 aromatic heterocycles. The first-order valence-corrected chi connectivity index (χ1v) is 5.51. The van der Waals surface area contributed by atoms with Gasteiger partial charge in [0.05, 0.1) is 6.61 Å². The van der Waals surface area contributed by atoms with Gasteiger partial charge in [-0.2, -0.15) is 0 Å². The Kier molecular flexibility index (Phi) is 5.09. The molecule has 0 heterocycles. The molecule has 84 valence electrons. The fraction of sp³-hybridized carbons (Fsp3) is 0.500. The Morgan fingerprint density at radius 2 is 1.87 bits per heavy atom. The van der Waals surface area contributed by atoms with Crippen molar-refractivity contribution in [3.63, 3.8) is 0 Å². The van der Waals surface area contributed by atoms with Crippen LogP contribution in [0.15, 0.2) is 24.3 Å². The third-order valence-corrected chi connectivity index (χ3v) is 2.57. The Morgan fingerprint density at radius 1 is 1.27 bits per heavy atom. The Balaban J connectivity index is 2.53. The number of hydrogen-bond donors (Lipinski definition) is 1. The third kappa shape index (κ3) is 4.20. The quantitative estimate of drug-likeness (QED) is 0.835. The number of nitrogens with one attached hydrogen (secondary N) is 1. The topological polar surface area (TPSA) is 21.3 Å². The highest BCUT2D eigenvalue weighted by Crippen LogP contribution is 2.16. The maximum Gasteiger partial charge on any atom is 0.0613 e. The van der Waals surface area contributed by atoms with Crippen LogP contribution in [0, 0.1) is 0 Å². The lowest BCUT2D eigenvalue weighted by Crippen LogP contribution is -2.32. The van der Waals surface area contributed by atoms with Crippen molar-refractivity contribution in [3.8, 4) is 0 Å². The van der Waals surface area contributed by atoms with Crippen LogP contribution in [0.4, 0.5) is 0 Å². The molecule has 1 aromatic rings. The lowest BCUT2D eigenvalue weighted by Gasteiger charge is -2.19. The van der Waals surface area contributed by atoms with E-state index in [1.54, 1.807) is 7.11 Å². The summed E-state index contributed by atoms with van der Waals surface area (Å²) in [6.07, 6.45) is 0. The van der Waals surface area contributed by atoms with Gasteiger partial charge >= 0.3 is 0 Å². The maximum atomic E-state index is 5.83. The van der Waals surface area contributed by atoms with Crippen molar-refractivity contribution >= 4 is 11.6 Å². The van der Waals surface area contributed by atoms with Crippen LogP contribution in [0.3, 0.4) is 0 Å². The molecule has 0 radical (unpaired) electrons. The summed E-state index contributed by atoms with van der Waals surface area (Å²) in [4.78, 5) is 0. The van der Waals surface area contributed by atoms with Crippen LogP contribution >= 0.6 is 11.6 Å². The molecule has 0 amide bonds. The van der Waals surface area contributed by atoms with Crippen LogP contribution in [-0.2, 0) is 4.74 Å². The van der Waals surface area contributed by atoms with E-state index in [1.165, 1.54) is 5.56 Å². The zero-order valence-corrected chi connectivity index (χ0v) is 10.2. The summed E-state index contributed by atoms with van der Waals surface area (Å²) in [5.41, 5.74) is 1.24. The zero-order valence-electron chi connectivity index (χ0n) is 9.46. The normalized spacial score (nSPS) is 14.9. The molecule has 0 aliphatic rings. The van der Waals surface area contributed by atoms with Crippen molar-refractivity contribution in [2.75, 3.05) is 13.7 Å². The van der Waals surface area contributed by atoms with Gasteiger partial charge in [-0.1, -0.05) is 23.7 Å². The molecule has 0 fully saturated rings. The molecule has 1 rings (SSSR count). The average Bonchev–Trinajstić information content (AvgIpc) is 2.18. The summed E-state index contributed by atoms with van der Waals surface area (Å²) < 4.78 is 5.08. The van der Waals surface area contributed by atoms with Crippen LogP contribution in [-0.4, -0.2) is 19.8 Å². The molecule has 0 saturated heterocycles. The summed E-state index contributed by atoms with van der Waals surface area (Å²) in [5, 5.41) is 4.22. The molecule has 15 heavy (non-hydrogen) atoms. The smallest absolute Gasteiger partial charge is 0.0613 e. The first-order chi connectivity index (χ1) is 7.13. The second kappa shape index (κ2) is 6.11. The number of ether oxygens (including phenoxy) is 1. The highest BCUT2D eigenvalue weighted by molar-refractivity contribution is 6.30. The predicted octanol–water partition coefficient (Wildman–Crippen LogP) is 3.03. The molecule has 0 aliphatic heterocycles. The van der Waals surface area contributed by atoms with E-state index < -0.39 is 0 Å². The van der Waals surface area contributed by atoms with Gasteiger partial charge in [0.2, 0.25) is 0 Å². The standard InChI is InChI=1S/C12H18ClNO/c1-9(8-15-3)14-10(2)11-4-6-12(13)7-5-11/h4-7,9-10,14H,8H2,1-3H3/t9-,10+/m1/s1. The van der Waals surface area contributed by atoms with Crippen molar-refractivity contribution in [2.24, 2.45) is 0 Å². The van der Waals surface area contributed by atoms with Crippen molar-refractivity contribution in [2.45, 2.75) is 25.9 Å². The average molecular weight is 228 g/mol. The van der Waals surface area contributed by atoms with Gasteiger partial charge in [-0.3, -0.25) is 0 Å². The maximum absolute atomic E-state index is 5.83. The second-order valence-corrected chi connectivity index (χ2v) is 4.23. The summed E-state index contributed by atoms with van der Waals surface area (Å²) in [7, 11) is 1.71. The molecule has 2 nitrogen and oxygen atoms in total. The summed E-state index contributed by atoms with van der Waals surface area (Å²) in [5.74, 6) is 0. The van der Waals surface area contributed by atoms with Gasteiger partial charge in [0.1, 0.15) is 0 Å². The highest BCUT2D eigenvalue weighted by atomic mass is 35.5. The minimum Gasteiger partial charge on any atom is -0.383 e. The predicted molar refractivity (Wildman–Crippen MR) is 64.3 cm³/mol. The van der Waals surface area contributed by atoms with Crippen LogP contribution < -0.4 is 5.32 Å². The number of rotatable bonds is 5. The van der Waals surface area contributed by atoms with Crippen molar-refractivity contribution in [3.05, 3.63) is 34.9 Å². The van der Waals surface area contributed by atoms with E-state index in [9.17, 15) is 0 Å². The van der Waals surface area contributed by atoms with E-state index in [0.29, 0.717) is 12.1 Å². The van der Waals surface area contributed by atoms with Crippen molar-refractivity contribution in [1.82, 2.24) is 5.32 Å². The largest absolute Gasteiger partial charge is 0.383 e. The van der Waals surface area contributed by atoms with Crippen molar-refractivity contribution < 1.29 is 4.74 Å². The zero-order chi connectivity index (χ0) is 11.3. The summed E-state index contributed by atoms with van der Waals surface area (Å²) >= 11 is 5.83. The molecule has 0 spiro atoms. The minimum absolute atomic E-state index is 0.312. The third-order valence-electron chi connectivity index (χ3n) is 2.32. The molecule has 2 atom stereocenters. The lowest BCUT2D eigenvalue weighted by molar-refractivity contribution is 0.168. The Bertz CT molecular complexity index is 286. The van der Waals surface area contributed by atoms with E-state index in [4.69, 9.17) is 16.3 Å². The number of methoxy groups -OCH3 is 1. The molecule has 3 heteroatoms. The fourth-order valence-corrected chi connectivity index (χ4v) is 1.70. The van der Waals surface area contributed by atoms with Gasteiger partial charge < -0.3 is 10.1 Å². The van der Waals surface area contributed by atoms with E-state index in [1.807, 2.05) is 24.3 Å². The fourth-order valence-electron chi connectivity index (χ4n) is 1.57. The van der Waals surface area contributed by atoms with Gasteiger partial charge in [-0.25, -0.2) is 0 Å². The highest BCUT2D eigenvalue weighted by Gasteiger charge is 2.08. The van der Waals surface area contributed by atoms with E-state index in [0.717, 1.165) is 11.6 Å². The van der Waals surface area contributed by atoms with E-state index in [-0.39, 0.29) is 0 Å². The molecule has 0 saturated carbocycles. The van der Waals surface area contributed by atoms with Crippen LogP contribution in [0.5, 0.6) is 0 Å². The lowest BCUT2D eigenvalue weighted by atomic mass is 10.1. The second-order valence-electron chi connectivity index (χ2n) is 3.80. The molecular weight excluding hydrogens is 210 g/mol. The molecule has 1 aromatic carbocycles. The van der Waals surface area contributed by atoms with Gasteiger partial charge in [-0.15, -0.1) is 0 Å². The first-order valence-electron chi connectivity index (χ1n) is 5.14. The molecule has 0 aliphatic carbocycles. The van der Waals surface area contributed by atoms with E-state index >= 15 is 0 Å². The van der Waals surface area contributed by atoms with E-state index in [2.05, 4.69) is 19.2 Å². The Morgan fingerprint density at radius 3 is 2.40 bits per heavy atom. The van der Waals surface area contributed by atoms with Crippen molar-refractivity contribution in [1.29, 1.82) is 0 Å². The molecule has 0 unspecified atom stereocenters. The first kappa shape index (κ1) is 12.5. The SMILES string of the molecule is COC[C@@H](C)N[C@@H](C)c1ccc(Cl)cc1. The van der Waals surface area contributed by atoms with Gasteiger partial charge in [0.25, 0.3) is 0 Å². The number of benzene rings is 1. The van der Waals surface area contributed by atoms with Crippen LogP contribution in [0.1, 0.15) is 25.5 Å². The molecule has 0 bridgehead atoms. The minimum atomic E-state index is 0.312. The summed E-state index contributed by atoms with van der Waals surface area (Å²) in [6, 6.07) is 8.57. The van der Waals surface area contributed by atoms with Gasteiger partial charge in [0.15, 0.2) is 0 Å². The summed E-state index contributed by atoms with van der Waals surface area (Å²) in [6.45, 7) is 4.96. The number of halogens is 1. The van der Waals surface area contributed by atoms with Gasteiger partial charge in [-0.05, 0) is 31.5 Å². The number of hydrogen-bond acceptors (Lipinski definition) is 2. The Hall–Kier alpha value is -0.570. The van der Waals surface area contributed by atoms with Crippen LogP contribution in [0.25, 0.3) is 0 Å². The van der Waals surface area contributed by atoms with Crippen LogP contribution in [0.2, 0.25) is 5.02 Å². The molecule has 1 N–H and O–H groups in total. The Labute approximate surface area is 96.6 Å².